The molecule has 0 spiro atoms. The molecule has 5 nitrogen and oxygen atoms in total. The highest BCUT2D eigenvalue weighted by atomic mass is 16.4. The second-order valence-electron chi connectivity index (χ2n) is 7.32. The molecular weight excluding hydrogens is 380 g/mol. The van der Waals surface area contributed by atoms with Gasteiger partial charge in [0.2, 0.25) is 0 Å². The van der Waals surface area contributed by atoms with Crippen molar-refractivity contribution in [3.8, 4) is 16.9 Å². The number of fused-ring (bicyclic) bond motifs is 4. The third kappa shape index (κ3) is 2.71. The standard InChI is InChI=1S/C25H16O5/c1-13-10-15(25(28)29)3-6-18(13)23-20-9-5-17(27)12-22(20)30-24-19-8-4-16(26)11-14(19)2-7-21(23)24/h2-12,27H,1H3,(H,28,29). The Labute approximate surface area is 170 Å². The summed E-state index contributed by atoms with van der Waals surface area (Å²) >= 11 is 0. The topological polar surface area (TPSA) is 87.7 Å². The number of phenols is 1. The van der Waals surface area contributed by atoms with Crippen LogP contribution in [0.15, 0.2) is 75.9 Å². The van der Waals surface area contributed by atoms with Crippen molar-refractivity contribution in [2.45, 2.75) is 6.92 Å². The molecule has 0 saturated carbocycles. The van der Waals surface area contributed by atoms with E-state index in [1.54, 1.807) is 48.5 Å². The predicted molar refractivity (Wildman–Crippen MR) is 116 cm³/mol. The number of aromatic carboxylic acids is 1. The molecule has 0 radical (unpaired) electrons. The SMILES string of the molecule is Cc1cc(C(=O)O)ccc1-c1c2ccc(O)cc2oc2c1ccc1cc(=O)ccc12. The lowest BCUT2D eigenvalue weighted by atomic mass is 9.92. The van der Waals surface area contributed by atoms with Gasteiger partial charge in [0.15, 0.2) is 5.43 Å². The van der Waals surface area contributed by atoms with Crippen molar-refractivity contribution in [1.29, 1.82) is 0 Å². The van der Waals surface area contributed by atoms with Gasteiger partial charge < -0.3 is 14.6 Å². The molecule has 0 atom stereocenters. The van der Waals surface area contributed by atoms with E-state index in [1.165, 1.54) is 6.07 Å². The molecule has 1 aromatic heterocycles. The molecule has 0 aliphatic rings. The molecule has 0 fully saturated rings. The van der Waals surface area contributed by atoms with E-state index in [4.69, 9.17) is 4.42 Å². The number of aromatic hydroxyl groups is 1. The van der Waals surface area contributed by atoms with Crippen LogP contribution >= 0.6 is 0 Å². The molecular formula is C25H16O5. The van der Waals surface area contributed by atoms with Gasteiger partial charge in [0.1, 0.15) is 16.9 Å². The molecule has 1 heterocycles. The van der Waals surface area contributed by atoms with E-state index in [1.807, 2.05) is 19.1 Å². The first-order valence-electron chi connectivity index (χ1n) is 9.39. The van der Waals surface area contributed by atoms with Crippen molar-refractivity contribution in [2.24, 2.45) is 0 Å². The molecule has 2 N–H and O–H groups in total. The monoisotopic (exact) mass is 396 g/mol. The summed E-state index contributed by atoms with van der Waals surface area (Å²) in [6.07, 6.45) is 0. The van der Waals surface area contributed by atoms with Crippen molar-refractivity contribution in [1.82, 2.24) is 0 Å². The zero-order valence-electron chi connectivity index (χ0n) is 16.0. The van der Waals surface area contributed by atoms with Crippen molar-refractivity contribution in [2.75, 3.05) is 0 Å². The van der Waals surface area contributed by atoms with Gasteiger partial charge in [0, 0.05) is 27.8 Å². The lowest BCUT2D eigenvalue weighted by Crippen LogP contribution is -1.98. The molecule has 5 aromatic rings. The second-order valence-corrected chi connectivity index (χ2v) is 7.32. The highest BCUT2D eigenvalue weighted by Crippen LogP contribution is 2.41. The highest BCUT2D eigenvalue weighted by Gasteiger charge is 2.17. The summed E-state index contributed by atoms with van der Waals surface area (Å²) in [5.74, 6) is -0.900. The number of carboxylic acid groups (broad SMARTS) is 1. The summed E-state index contributed by atoms with van der Waals surface area (Å²) in [6.45, 7) is 1.87. The third-order valence-corrected chi connectivity index (χ3v) is 5.40. The summed E-state index contributed by atoms with van der Waals surface area (Å²) in [5.41, 5.74) is 3.80. The molecule has 30 heavy (non-hydrogen) atoms. The highest BCUT2D eigenvalue weighted by molar-refractivity contribution is 6.15. The van der Waals surface area contributed by atoms with Crippen molar-refractivity contribution < 1.29 is 19.4 Å². The van der Waals surface area contributed by atoms with Crippen LogP contribution < -0.4 is 5.43 Å². The largest absolute Gasteiger partial charge is 0.508 e. The maximum atomic E-state index is 11.8. The van der Waals surface area contributed by atoms with Crippen LogP contribution in [-0.2, 0) is 0 Å². The summed E-state index contributed by atoms with van der Waals surface area (Å²) in [5, 5.41) is 22.5. The van der Waals surface area contributed by atoms with E-state index >= 15 is 0 Å². The zero-order valence-corrected chi connectivity index (χ0v) is 16.0. The van der Waals surface area contributed by atoms with Crippen LogP contribution in [-0.4, -0.2) is 16.2 Å². The van der Waals surface area contributed by atoms with Gasteiger partial charge in [-0.05, 0) is 72.0 Å². The molecule has 0 amide bonds. The van der Waals surface area contributed by atoms with Gasteiger partial charge in [0.05, 0.1) is 5.56 Å². The van der Waals surface area contributed by atoms with Gasteiger partial charge in [-0.3, -0.25) is 4.79 Å². The Kier molecular flexibility index (Phi) is 3.86. The van der Waals surface area contributed by atoms with Crippen LogP contribution in [0.1, 0.15) is 15.9 Å². The van der Waals surface area contributed by atoms with Crippen molar-refractivity contribution in [3.05, 3.63) is 88.1 Å². The third-order valence-electron chi connectivity index (χ3n) is 5.40. The number of carbonyl (C=O) groups is 1. The average Bonchev–Trinajstić information content (AvgIpc) is 2.71. The molecule has 4 aromatic carbocycles. The van der Waals surface area contributed by atoms with Crippen LogP contribution in [0.3, 0.4) is 0 Å². The van der Waals surface area contributed by atoms with E-state index < -0.39 is 5.97 Å². The van der Waals surface area contributed by atoms with E-state index in [0.29, 0.717) is 11.2 Å². The Bertz CT molecular complexity index is 1560. The van der Waals surface area contributed by atoms with Gasteiger partial charge in [-0.25, -0.2) is 4.79 Å². The molecule has 5 rings (SSSR count). The van der Waals surface area contributed by atoms with Gasteiger partial charge in [-0.1, -0.05) is 12.1 Å². The number of phenolic OH excluding ortho intramolecular Hbond substituents is 1. The van der Waals surface area contributed by atoms with Crippen molar-refractivity contribution >= 4 is 38.7 Å². The smallest absolute Gasteiger partial charge is 0.335 e. The van der Waals surface area contributed by atoms with Crippen molar-refractivity contribution in [3.63, 3.8) is 0 Å². The molecule has 0 unspecified atom stereocenters. The number of hydrogen-bond donors (Lipinski definition) is 2. The zero-order chi connectivity index (χ0) is 21.0. The fourth-order valence-electron chi connectivity index (χ4n) is 4.01. The van der Waals surface area contributed by atoms with Crippen LogP contribution in [0, 0.1) is 6.92 Å². The fourth-order valence-corrected chi connectivity index (χ4v) is 4.01. The molecule has 0 aliphatic heterocycles. The lowest BCUT2D eigenvalue weighted by Gasteiger charge is -2.15. The van der Waals surface area contributed by atoms with E-state index in [2.05, 4.69) is 0 Å². The van der Waals surface area contributed by atoms with Gasteiger partial charge in [-0.15, -0.1) is 0 Å². The number of hydrogen-bond acceptors (Lipinski definition) is 4. The lowest BCUT2D eigenvalue weighted by molar-refractivity contribution is 0.0697. The minimum atomic E-state index is -0.980. The Morgan fingerprint density at radius 3 is 2.40 bits per heavy atom. The number of benzene rings is 4. The van der Waals surface area contributed by atoms with E-state index in [-0.39, 0.29) is 16.7 Å². The minimum Gasteiger partial charge on any atom is -0.508 e. The van der Waals surface area contributed by atoms with Crippen LogP contribution in [0.4, 0.5) is 0 Å². The fraction of sp³-hybridized carbons (Fsp3) is 0.0400. The summed E-state index contributed by atoms with van der Waals surface area (Å²) in [6, 6.07) is 18.5. The Hall–Kier alpha value is -4.12. The molecule has 0 saturated heterocycles. The first kappa shape index (κ1) is 17.9. The maximum Gasteiger partial charge on any atom is 0.335 e. The summed E-state index contributed by atoms with van der Waals surface area (Å²) in [4.78, 5) is 23.2. The average molecular weight is 396 g/mol. The molecule has 0 aliphatic carbocycles. The van der Waals surface area contributed by atoms with E-state index in [0.717, 1.165) is 38.2 Å². The van der Waals surface area contributed by atoms with Crippen LogP contribution in [0.2, 0.25) is 0 Å². The first-order chi connectivity index (χ1) is 14.4. The van der Waals surface area contributed by atoms with Gasteiger partial charge in [0.25, 0.3) is 0 Å². The molecule has 5 heteroatoms. The van der Waals surface area contributed by atoms with E-state index in [9.17, 15) is 19.8 Å². The number of rotatable bonds is 2. The maximum absolute atomic E-state index is 11.8. The van der Waals surface area contributed by atoms with Gasteiger partial charge >= 0.3 is 5.97 Å². The first-order valence-corrected chi connectivity index (χ1v) is 9.39. The normalized spacial score (nSPS) is 11.4. The summed E-state index contributed by atoms with van der Waals surface area (Å²) < 4.78 is 6.19. The Balaban J connectivity index is 1.97. The minimum absolute atomic E-state index is 0.0802. The molecule has 146 valence electrons. The van der Waals surface area contributed by atoms with Gasteiger partial charge in [-0.2, -0.15) is 0 Å². The molecule has 0 bridgehead atoms. The number of carboxylic acids is 1. The van der Waals surface area contributed by atoms with Crippen LogP contribution in [0.5, 0.6) is 5.75 Å². The second kappa shape index (κ2) is 6.46. The predicted octanol–water partition coefficient (Wildman–Crippen LogP) is 5.48. The quantitative estimate of drug-likeness (QED) is 0.305. The Morgan fingerprint density at radius 2 is 1.63 bits per heavy atom. The summed E-state index contributed by atoms with van der Waals surface area (Å²) in [7, 11) is 0. The van der Waals surface area contributed by atoms with Crippen LogP contribution in [0.25, 0.3) is 43.8 Å². The number of aryl methyl sites for hydroxylation is 1. The Morgan fingerprint density at radius 1 is 0.867 bits per heavy atom.